The molecule has 0 aliphatic carbocycles. The molecule has 2 atom stereocenters. The number of ether oxygens (including phenoxy) is 1. The van der Waals surface area contributed by atoms with Gasteiger partial charge in [-0.25, -0.2) is 4.98 Å². The van der Waals surface area contributed by atoms with Crippen LogP contribution in [0.1, 0.15) is 12.2 Å². The highest BCUT2D eigenvalue weighted by Gasteiger charge is 2.48. The van der Waals surface area contributed by atoms with Gasteiger partial charge in [-0.2, -0.15) is 0 Å². The third kappa shape index (κ3) is 2.16. The molecule has 2 aliphatic heterocycles. The van der Waals surface area contributed by atoms with Crippen LogP contribution in [0, 0.1) is 11.3 Å². The van der Waals surface area contributed by atoms with E-state index in [1.807, 2.05) is 6.07 Å². The zero-order chi connectivity index (χ0) is 15.2. The molecule has 0 spiro atoms. The van der Waals surface area contributed by atoms with Crippen LogP contribution < -0.4 is 0 Å². The molecule has 0 amide bonds. The monoisotopic (exact) mass is 301 g/mol. The molecule has 5 nitrogen and oxygen atoms in total. The summed E-state index contributed by atoms with van der Waals surface area (Å²) < 4.78 is 7.82. The van der Waals surface area contributed by atoms with Gasteiger partial charge >= 0.3 is 0 Å². The second-order valence-electron chi connectivity index (χ2n) is 6.80. The number of hydrogen-bond acceptors (Lipinski definition) is 4. The minimum absolute atomic E-state index is 0.0666. The Kier molecular flexibility index (Phi) is 3.44. The standard InChI is InChI=1S/C17H23N3O2/c1-19-15-5-3-2-4-14(15)18-16(19)9-20-8-13-6-7-22-12-17(13,10-20)11-21/h2-5,13,21H,6-12H2,1H3/t13-,17+/m0/s1. The zero-order valence-corrected chi connectivity index (χ0v) is 13.0. The fourth-order valence-electron chi connectivity index (χ4n) is 4.09. The molecule has 4 rings (SSSR count). The summed E-state index contributed by atoms with van der Waals surface area (Å²) in [6.07, 6.45) is 1.06. The van der Waals surface area contributed by atoms with E-state index in [9.17, 15) is 5.11 Å². The summed E-state index contributed by atoms with van der Waals surface area (Å²) in [7, 11) is 2.08. The van der Waals surface area contributed by atoms with Gasteiger partial charge in [-0.15, -0.1) is 0 Å². The van der Waals surface area contributed by atoms with Crippen LogP contribution in [0.4, 0.5) is 0 Å². The number of nitrogens with zero attached hydrogens (tertiary/aromatic N) is 3. The minimum Gasteiger partial charge on any atom is -0.396 e. The van der Waals surface area contributed by atoms with Crippen LogP contribution in [0.5, 0.6) is 0 Å². The Morgan fingerprint density at radius 1 is 1.41 bits per heavy atom. The number of aliphatic hydroxyl groups excluding tert-OH is 1. The number of hydrogen-bond donors (Lipinski definition) is 1. The number of likely N-dealkylation sites (tertiary alicyclic amines) is 1. The summed E-state index contributed by atoms with van der Waals surface area (Å²) in [5, 5.41) is 9.88. The van der Waals surface area contributed by atoms with Gasteiger partial charge in [-0.05, 0) is 24.5 Å². The number of rotatable bonds is 3. The molecule has 2 aliphatic rings. The highest BCUT2D eigenvalue weighted by molar-refractivity contribution is 5.75. The number of imidazole rings is 1. The molecule has 5 heteroatoms. The highest BCUT2D eigenvalue weighted by atomic mass is 16.5. The van der Waals surface area contributed by atoms with Crippen LogP contribution in [0.3, 0.4) is 0 Å². The van der Waals surface area contributed by atoms with Gasteiger partial charge in [0.1, 0.15) is 5.82 Å². The molecule has 0 bridgehead atoms. The normalized spacial score (nSPS) is 29.1. The Labute approximate surface area is 130 Å². The number of aryl methyl sites for hydroxylation is 1. The third-order valence-electron chi connectivity index (χ3n) is 5.44. The fourth-order valence-corrected chi connectivity index (χ4v) is 4.09. The van der Waals surface area contributed by atoms with Gasteiger partial charge in [0.15, 0.2) is 0 Å². The van der Waals surface area contributed by atoms with E-state index in [-0.39, 0.29) is 12.0 Å². The molecule has 0 saturated carbocycles. The molecular formula is C17H23N3O2. The lowest BCUT2D eigenvalue weighted by Crippen LogP contribution is -2.42. The van der Waals surface area contributed by atoms with Gasteiger partial charge in [0.25, 0.3) is 0 Å². The number of aliphatic hydroxyl groups is 1. The van der Waals surface area contributed by atoms with E-state index in [0.29, 0.717) is 12.5 Å². The number of para-hydroxylation sites is 2. The maximum absolute atomic E-state index is 9.88. The lowest BCUT2D eigenvalue weighted by atomic mass is 9.76. The third-order valence-corrected chi connectivity index (χ3v) is 5.44. The van der Waals surface area contributed by atoms with E-state index < -0.39 is 0 Å². The smallest absolute Gasteiger partial charge is 0.123 e. The van der Waals surface area contributed by atoms with Crippen LogP contribution in [0.2, 0.25) is 0 Å². The summed E-state index contributed by atoms with van der Waals surface area (Å²) in [5.41, 5.74) is 2.16. The van der Waals surface area contributed by atoms with Gasteiger partial charge in [0.05, 0.1) is 30.8 Å². The van der Waals surface area contributed by atoms with Crippen LogP contribution in [-0.4, -0.2) is 52.5 Å². The topological polar surface area (TPSA) is 50.5 Å². The van der Waals surface area contributed by atoms with E-state index in [0.717, 1.165) is 44.0 Å². The second-order valence-corrected chi connectivity index (χ2v) is 6.80. The first-order valence-corrected chi connectivity index (χ1v) is 8.03. The van der Waals surface area contributed by atoms with Gasteiger partial charge in [-0.3, -0.25) is 4.90 Å². The first-order chi connectivity index (χ1) is 10.7. The van der Waals surface area contributed by atoms with Crippen molar-refractivity contribution < 1.29 is 9.84 Å². The molecule has 2 saturated heterocycles. The number of benzene rings is 1. The highest BCUT2D eigenvalue weighted by Crippen LogP contribution is 2.41. The Balaban J connectivity index is 1.57. The van der Waals surface area contributed by atoms with Crippen molar-refractivity contribution in [3.63, 3.8) is 0 Å². The molecule has 2 fully saturated rings. The Bertz CT molecular complexity index is 684. The minimum atomic E-state index is -0.0666. The summed E-state index contributed by atoms with van der Waals surface area (Å²) in [6.45, 7) is 4.50. The lowest BCUT2D eigenvalue weighted by molar-refractivity contribution is -0.0561. The van der Waals surface area contributed by atoms with E-state index in [4.69, 9.17) is 9.72 Å². The van der Waals surface area contributed by atoms with Crippen LogP contribution in [-0.2, 0) is 18.3 Å². The van der Waals surface area contributed by atoms with Crippen molar-refractivity contribution in [1.82, 2.24) is 14.5 Å². The Morgan fingerprint density at radius 3 is 3.05 bits per heavy atom. The molecule has 1 aromatic heterocycles. The van der Waals surface area contributed by atoms with E-state index in [2.05, 4.69) is 34.7 Å². The van der Waals surface area contributed by atoms with Crippen LogP contribution >= 0.6 is 0 Å². The molecule has 22 heavy (non-hydrogen) atoms. The van der Waals surface area contributed by atoms with Gasteiger partial charge < -0.3 is 14.4 Å². The maximum Gasteiger partial charge on any atom is 0.123 e. The first kappa shape index (κ1) is 14.2. The van der Waals surface area contributed by atoms with Crippen molar-refractivity contribution in [2.24, 2.45) is 18.4 Å². The van der Waals surface area contributed by atoms with Crippen molar-refractivity contribution in [3.8, 4) is 0 Å². The summed E-state index contributed by atoms with van der Waals surface area (Å²) in [6, 6.07) is 8.25. The largest absolute Gasteiger partial charge is 0.396 e. The van der Waals surface area contributed by atoms with Crippen molar-refractivity contribution in [2.75, 3.05) is 32.9 Å². The molecule has 1 N–H and O–H groups in total. The molecule has 0 unspecified atom stereocenters. The van der Waals surface area contributed by atoms with Crippen molar-refractivity contribution in [1.29, 1.82) is 0 Å². The predicted octanol–water partition coefficient (Wildman–Crippen LogP) is 1.40. The quantitative estimate of drug-likeness (QED) is 0.931. The predicted molar refractivity (Wildman–Crippen MR) is 84.4 cm³/mol. The van der Waals surface area contributed by atoms with E-state index in [1.54, 1.807) is 0 Å². The molecule has 3 heterocycles. The second kappa shape index (κ2) is 5.33. The average Bonchev–Trinajstić information content (AvgIpc) is 3.07. The molecule has 0 radical (unpaired) electrons. The maximum atomic E-state index is 9.88. The lowest BCUT2D eigenvalue weighted by Gasteiger charge is -2.36. The van der Waals surface area contributed by atoms with Crippen LogP contribution in [0.25, 0.3) is 11.0 Å². The van der Waals surface area contributed by atoms with Gasteiger partial charge in [-0.1, -0.05) is 12.1 Å². The van der Waals surface area contributed by atoms with Crippen LogP contribution in [0.15, 0.2) is 24.3 Å². The summed E-state index contributed by atoms with van der Waals surface area (Å²) in [5.74, 6) is 1.63. The van der Waals surface area contributed by atoms with E-state index >= 15 is 0 Å². The SMILES string of the molecule is Cn1c(CN2C[C@@H]3CCOC[C@]3(CO)C2)nc2ccccc21. The average molecular weight is 301 g/mol. The van der Waals surface area contributed by atoms with Gasteiger partial charge in [0, 0.05) is 32.2 Å². The Morgan fingerprint density at radius 2 is 2.27 bits per heavy atom. The summed E-state index contributed by atoms with van der Waals surface area (Å²) in [4.78, 5) is 7.20. The van der Waals surface area contributed by atoms with Gasteiger partial charge in [0.2, 0.25) is 0 Å². The van der Waals surface area contributed by atoms with Crippen molar-refractivity contribution >= 4 is 11.0 Å². The first-order valence-electron chi connectivity index (χ1n) is 8.03. The van der Waals surface area contributed by atoms with Crippen molar-refractivity contribution in [2.45, 2.75) is 13.0 Å². The summed E-state index contributed by atoms with van der Waals surface area (Å²) >= 11 is 0. The van der Waals surface area contributed by atoms with E-state index in [1.165, 1.54) is 5.52 Å². The molecule has 118 valence electrons. The molecule has 1 aromatic carbocycles. The molecular weight excluding hydrogens is 278 g/mol. The zero-order valence-electron chi connectivity index (χ0n) is 13.0. The van der Waals surface area contributed by atoms with Crippen molar-refractivity contribution in [3.05, 3.63) is 30.1 Å². The number of aromatic nitrogens is 2. The fraction of sp³-hybridized carbons (Fsp3) is 0.588. The number of fused-ring (bicyclic) bond motifs is 2. The molecule has 2 aromatic rings. The Hall–Kier alpha value is -1.43.